The molecule has 1 aliphatic rings. The summed E-state index contributed by atoms with van der Waals surface area (Å²) in [5, 5.41) is 1.06. The van der Waals surface area contributed by atoms with E-state index in [9.17, 15) is 9.59 Å². The molecule has 2 amide bonds. The molecule has 2 aromatic heterocycles. The van der Waals surface area contributed by atoms with E-state index in [4.69, 9.17) is 0 Å². The largest absolute Gasteiger partial charge is 0.340 e. The zero-order valence-electron chi connectivity index (χ0n) is 14.6. The van der Waals surface area contributed by atoms with E-state index in [1.807, 2.05) is 46.8 Å². The fourth-order valence-corrected chi connectivity index (χ4v) is 3.45. The minimum atomic E-state index is -0.0101. The highest BCUT2D eigenvalue weighted by atomic mass is 16.2. The Hall–Kier alpha value is -3.15. The van der Waals surface area contributed by atoms with E-state index in [1.54, 1.807) is 29.4 Å². The van der Waals surface area contributed by atoms with Crippen molar-refractivity contribution in [2.24, 2.45) is 7.05 Å². The predicted octanol–water partition coefficient (Wildman–Crippen LogP) is 2.17. The van der Waals surface area contributed by atoms with E-state index in [0.717, 1.165) is 10.9 Å². The van der Waals surface area contributed by atoms with Gasteiger partial charge in [-0.15, -0.1) is 0 Å². The number of pyridine rings is 1. The van der Waals surface area contributed by atoms with Crippen LogP contribution in [0.25, 0.3) is 10.9 Å². The van der Waals surface area contributed by atoms with Gasteiger partial charge in [-0.25, -0.2) is 0 Å². The number of aromatic nitrogens is 2. The van der Waals surface area contributed by atoms with Crippen molar-refractivity contribution in [3.8, 4) is 0 Å². The average Bonchev–Trinajstić information content (AvgIpc) is 3.04. The van der Waals surface area contributed by atoms with Crippen molar-refractivity contribution in [2.75, 3.05) is 26.2 Å². The topological polar surface area (TPSA) is 58.4 Å². The molecule has 0 bridgehead atoms. The van der Waals surface area contributed by atoms with Crippen molar-refractivity contribution in [3.63, 3.8) is 0 Å². The van der Waals surface area contributed by atoms with Gasteiger partial charge in [0.2, 0.25) is 0 Å². The number of nitrogens with zero attached hydrogens (tertiary/aromatic N) is 4. The van der Waals surface area contributed by atoms with Crippen molar-refractivity contribution in [1.82, 2.24) is 19.4 Å². The van der Waals surface area contributed by atoms with Crippen LogP contribution >= 0.6 is 0 Å². The fourth-order valence-electron chi connectivity index (χ4n) is 3.45. The summed E-state index contributed by atoms with van der Waals surface area (Å²) in [6.45, 7) is 2.15. The first-order chi connectivity index (χ1) is 12.6. The third kappa shape index (κ3) is 2.83. The Labute approximate surface area is 151 Å². The summed E-state index contributed by atoms with van der Waals surface area (Å²) in [6, 6.07) is 13.3. The Balaban J connectivity index is 1.46. The molecular formula is C20H20N4O2. The monoisotopic (exact) mass is 348 g/mol. The zero-order valence-corrected chi connectivity index (χ0v) is 14.6. The molecule has 1 aromatic carbocycles. The van der Waals surface area contributed by atoms with E-state index < -0.39 is 0 Å². The molecule has 0 atom stereocenters. The van der Waals surface area contributed by atoms with Crippen molar-refractivity contribution < 1.29 is 9.59 Å². The Bertz CT molecular complexity index is 956. The van der Waals surface area contributed by atoms with Gasteiger partial charge in [-0.2, -0.15) is 0 Å². The Morgan fingerprint density at radius 3 is 2.15 bits per heavy atom. The Morgan fingerprint density at radius 2 is 1.50 bits per heavy atom. The molecule has 3 heterocycles. The number of carbonyl (C=O) groups is 2. The summed E-state index contributed by atoms with van der Waals surface area (Å²) in [5.74, 6) is 0.00353. The highest BCUT2D eigenvalue weighted by molar-refractivity contribution is 5.99. The molecule has 0 N–H and O–H groups in total. The average molecular weight is 348 g/mol. The molecule has 26 heavy (non-hydrogen) atoms. The minimum absolute atomic E-state index is 0.0101. The van der Waals surface area contributed by atoms with Gasteiger partial charge in [-0.3, -0.25) is 14.6 Å². The summed E-state index contributed by atoms with van der Waals surface area (Å²) in [4.78, 5) is 33.0. The maximum absolute atomic E-state index is 12.9. The van der Waals surface area contributed by atoms with Crippen LogP contribution in [0, 0.1) is 0 Å². The molecule has 0 aliphatic carbocycles. The number of fused-ring (bicyclic) bond motifs is 1. The van der Waals surface area contributed by atoms with E-state index in [0.29, 0.717) is 37.4 Å². The van der Waals surface area contributed by atoms with Gasteiger partial charge in [0.15, 0.2) is 0 Å². The van der Waals surface area contributed by atoms with Gasteiger partial charge in [0.1, 0.15) is 5.69 Å². The van der Waals surface area contributed by atoms with Crippen LogP contribution in [0.3, 0.4) is 0 Å². The van der Waals surface area contributed by atoms with Gasteiger partial charge in [-0.05, 0) is 24.3 Å². The van der Waals surface area contributed by atoms with Crippen molar-refractivity contribution in [2.45, 2.75) is 0 Å². The van der Waals surface area contributed by atoms with Crippen LogP contribution in [-0.2, 0) is 7.05 Å². The number of rotatable bonds is 2. The van der Waals surface area contributed by atoms with Crippen LogP contribution in [0.15, 0.2) is 54.9 Å². The molecule has 132 valence electrons. The molecule has 4 rings (SSSR count). The van der Waals surface area contributed by atoms with Crippen LogP contribution in [0.4, 0.5) is 0 Å². The smallest absolute Gasteiger partial charge is 0.270 e. The van der Waals surface area contributed by atoms with Gasteiger partial charge >= 0.3 is 0 Å². The quantitative estimate of drug-likeness (QED) is 0.713. The second kappa shape index (κ2) is 6.63. The van der Waals surface area contributed by atoms with Crippen molar-refractivity contribution in [3.05, 3.63) is 66.1 Å². The van der Waals surface area contributed by atoms with Crippen LogP contribution in [-0.4, -0.2) is 57.3 Å². The summed E-state index contributed by atoms with van der Waals surface area (Å²) < 4.78 is 1.94. The third-order valence-corrected chi connectivity index (χ3v) is 4.95. The second-order valence-electron chi connectivity index (χ2n) is 6.47. The molecule has 6 heteroatoms. The van der Waals surface area contributed by atoms with Gasteiger partial charge in [0.25, 0.3) is 11.8 Å². The first-order valence-corrected chi connectivity index (χ1v) is 8.68. The number of piperazine rings is 1. The SMILES string of the molecule is Cn1c(C(=O)N2CCN(C(=O)c3ccncc3)CC2)cc2ccccc21. The fraction of sp³-hybridized carbons (Fsp3) is 0.250. The van der Waals surface area contributed by atoms with Crippen LogP contribution in [0.2, 0.25) is 0 Å². The van der Waals surface area contributed by atoms with Crippen molar-refractivity contribution >= 4 is 22.7 Å². The lowest BCUT2D eigenvalue weighted by molar-refractivity contribution is 0.0530. The van der Waals surface area contributed by atoms with Crippen LogP contribution in [0.5, 0.6) is 0 Å². The standard InChI is InChI=1S/C20H20N4O2/c1-22-17-5-3-2-4-16(17)14-18(22)20(26)24-12-10-23(11-13-24)19(25)15-6-8-21-9-7-15/h2-9,14H,10-13H2,1H3. The number of benzene rings is 1. The number of amides is 2. The molecule has 6 nitrogen and oxygen atoms in total. The second-order valence-corrected chi connectivity index (χ2v) is 6.47. The summed E-state index contributed by atoms with van der Waals surface area (Å²) in [6.07, 6.45) is 3.24. The van der Waals surface area contributed by atoms with E-state index in [2.05, 4.69) is 4.98 Å². The molecule has 0 spiro atoms. The van der Waals surface area contributed by atoms with Gasteiger partial charge < -0.3 is 14.4 Å². The first kappa shape index (κ1) is 16.3. The molecule has 1 fully saturated rings. The third-order valence-electron chi connectivity index (χ3n) is 4.95. The molecule has 0 radical (unpaired) electrons. The molecule has 3 aromatic rings. The maximum Gasteiger partial charge on any atom is 0.270 e. The Morgan fingerprint density at radius 1 is 0.885 bits per heavy atom. The molecule has 1 saturated heterocycles. The van der Waals surface area contributed by atoms with E-state index in [-0.39, 0.29) is 11.8 Å². The molecule has 0 unspecified atom stereocenters. The lowest BCUT2D eigenvalue weighted by Crippen LogP contribution is -2.50. The molecule has 0 saturated carbocycles. The number of para-hydroxylation sites is 1. The van der Waals surface area contributed by atoms with Crippen molar-refractivity contribution in [1.29, 1.82) is 0 Å². The lowest BCUT2D eigenvalue weighted by atomic mass is 10.2. The first-order valence-electron chi connectivity index (χ1n) is 8.68. The van der Waals surface area contributed by atoms with Gasteiger partial charge in [0, 0.05) is 62.1 Å². The predicted molar refractivity (Wildman–Crippen MR) is 99.0 cm³/mol. The number of aryl methyl sites for hydroxylation is 1. The van der Waals surface area contributed by atoms with Crippen LogP contribution < -0.4 is 0 Å². The van der Waals surface area contributed by atoms with Gasteiger partial charge in [0.05, 0.1) is 0 Å². The highest BCUT2D eigenvalue weighted by Crippen LogP contribution is 2.20. The van der Waals surface area contributed by atoms with E-state index in [1.165, 1.54) is 0 Å². The zero-order chi connectivity index (χ0) is 18.1. The Kier molecular flexibility index (Phi) is 4.16. The highest BCUT2D eigenvalue weighted by Gasteiger charge is 2.27. The number of carbonyl (C=O) groups excluding carboxylic acids is 2. The molecular weight excluding hydrogens is 328 g/mol. The lowest BCUT2D eigenvalue weighted by Gasteiger charge is -2.34. The van der Waals surface area contributed by atoms with Gasteiger partial charge in [-0.1, -0.05) is 18.2 Å². The summed E-state index contributed by atoms with van der Waals surface area (Å²) in [5.41, 5.74) is 2.36. The number of hydrogen-bond acceptors (Lipinski definition) is 3. The maximum atomic E-state index is 12.9. The summed E-state index contributed by atoms with van der Waals surface area (Å²) in [7, 11) is 1.92. The molecule has 1 aliphatic heterocycles. The van der Waals surface area contributed by atoms with Crippen LogP contribution in [0.1, 0.15) is 20.8 Å². The minimum Gasteiger partial charge on any atom is -0.340 e. The summed E-state index contributed by atoms with van der Waals surface area (Å²) >= 11 is 0. The van der Waals surface area contributed by atoms with E-state index >= 15 is 0 Å². The normalized spacial score (nSPS) is 14.7. The number of hydrogen-bond donors (Lipinski definition) is 0.